The quantitative estimate of drug-likeness (QED) is 0.207. The van der Waals surface area contributed by atoms with E-state index in [2.05, 4.69) is 77.2 Å². The van der Waals surface area contributed by atoms with Gasteiger partial charge in [-0.1, -0.05) is 49.6 Å². The maximum atomic E-state index is 8.56. The SMILES string of the molecule is CC(O)CC(C)O.CN1C=C(C2CCCCC2)N(c2[c-]cccc2)[CH-]1.[Ir+3].[c-]1ccccc1-c1cc2ccccc2cn1. The third kappa shape index (κ3) is 10.1. The summed E-state index contributed by atoms with van der Waals surface area (Å²) in [6.07, 6.45) is 10.7. The first-order chi connectivity index (χ1) is 19.9. The van der Waals surface area contributed by atoms with Gasteiger partial charge in [0.25, 0.3) is 0 Å². The van der Waals surface area contributed by atoms with Crippen LogP contribution in [0.15, 0.2) is 97.0 Å². The predicted molar refractivity (Wildman–Crippen MR) is 168 cm³/mol. The van der Waals surface area contributed by atoms with Crippen molar-refractivity contribution in [2.75, 3.05) is 11.9 Å². The van der Waals surface area contributed by atoms with E-state index in [-0.39, 0.29) is 32.3 Å². The first kappa shape index (κ1) is 33.5. The van der Waals surface area contributed by atoms with Gasteiger partial charge in [-0.05, 0) is 68.7 Å². The molecule has 1 aliphatic heterocycles. The predicted octanol–water partition coefficient (Wildman–Crippen LogP) is 7.62. The van der Waals surface area contributed by atoms with Gasteiger partial charge in [-0.3, -0.25) is 0 Å². The van der Waals surface area contributed by atoms with Gasteiger partial charge in [0.15, 0.2) is 0 Å². The van der Waals surface area contributed by atoms with Crippen LogP contribution in [0.25, 0.3) is 22.0 Å². The van der Waals surface area contributed by atoms with Gasteiger partial charge in [-0.15, -0.1) is 41.6 Å². The molecule has 1 saturated carbocycles. The standard InChI is InChI=1S/C16H20N2.C15H10N.C5H12O2.Ir/c1-17-12-16(14-8-4-2-5-9-14)18(13-17)15-10-6-3-7-11-15;1-2-6-12(7-3-1)15-10-13-8-4-5-9-14(13)11-16-15;1-4(6)3-5(2)7;/h3,6-7,10,12-14H,2,4-5,8-9H2,1H3;1-6,8-11H;4-7H,3H2,1-2H3;/q-2;-1;;+3. The van der Waals surface area contributed by atoms with E-state index in [1.807, 2.05) is 54.7 Å². The largest absolute Gasteiger partial charge is 3.00 e. The third-order valence-corrected chi connectivity index (χ3v) is 7.19. The zero-order chi connectivity index (χ0) is 29.0. The average molecular weight is 741 g/mol. The van der Waals surface area contributed by atoms with Gasteiger partial charge in [0.1, 0.15) is 0 Å². The molecule has 2 N–H and O–H groups in total. The van der Waals surface area contributed by atoms with Gasteiger partial charge < -0.3 is 25.0 Å². The molecule has 1 aliphatic carbocycles. The Labute approximate surface area is 265 Å². The summed E-state index contributed by atoms with van der Waals surface area (Å²) in [5.74, 6) is 0.716. The molecule has 222 valence electrons. The number of anilines is 1. The first-order valence-electron chi connectivity index (χ1n) is 14.6. The number of aromatic nitrogens is 1. The molecule has 4 aromatic rings. The fourth-order valence-corrected chi connectivity index (χ4v) is 5.27. The zero-order valence-electron chi connectivity index (χ0n) is 24.8. The number of fused-ring (bicyclic) bond motifs is 1. The molecular formula is C36H42IrN3O2. The molecular weight excluding hydrogens is 699 g/mol. The van der Waals surface area contributed by atoms with Gasteiger partial charge >= 0.3 is 20.1 Å². The molecule has 0 radical (unpaired) electrons. The van der Waals surface area contributed by atoms with Crippen LogP contribution in [-0.4, -0.2) is 39.4 Å². The van der Waals surface area contributed by atoms with E-state index in [0.717, 1.165) is 16.9 Å². The molecule has 2 aliphatic rings. The van der Waals surface area contributed by atoms with Gasteiger partial charge in [0, 0.05) is 11.9 Å². The van der Waals surface area contributed by atoms with Crippen molar-refractivity contribution >= 4 is 16.5 Å². The second kappa shape index (κ2) is 17.2. The van der Waals surface area contributed by atoms with Crippen LogP contribution in [-0.2, 0) is 20.1 Å². The van der Waals surface area contributed by atoms with Gasteiger partial charge in [-0.2, -0.15) is 37.0 Å². The Morgan fingerprint density at radius 3 is 2.12 bits per heavy atom. The minimum absolute atomic E-state index is 0. The van der Waals surface area contributed by atoms with Crippen molar-refractivity contribution in [3.63, 3.8) is 0 Å². The summed E-state index contributed by atoms with van der Waals surface area (Å²) >= 11 is 0. The summed E-state index contributed by atoms with van der Waals surface area (Å²) < 4.78 is 0. The molecule has 6 heteroatoms. The summed E-state index contributed by atoms with van der Waals surface area (Å²) in [6, 6.07) is 33.0. The second-order valence-electron chi connectivity index (χ2n) is 10.9. The molecule has 0 amide bonds. The van der Waals surface area contributed by atoms with Crippen LogP contribution in [0.2, 0.25) is 0 Å². The summed E-state index contributed by atoms with van der Waals surface area (Å²) in [5, 5.41) is 19.5. The van der Waals surface area contributed by atoms with Crippen molar-refractivity contribution in [1.29, 1.82) is 0 Å². The van der Waals surface area contributed by atoms with Crippen molar-refractivity contribution in [3.05, 3.63) is 116 Å². The molecule has 42 heavy (non-hydrogen) atoms. The fourth-order valence-electron chi connectivity index (χ4n) is 5.27. The zero-order valence-corrected chi connectivity index (χ0v) is 27.2. The topological polar surface area (TPSA) is 59.8 Å². The summed E-state index contributed by atoms with van der Waals surface area (Å²) in [6.45, 7) is 5.48. The normalized spacial score (nSPS) is 16.3. The molecule has 2 atom stereocenters. The van der Waals surface area contributed by atoms with Gasteiger partial charge in [-0.25, -0.2) is 0 Å². The molecule has 2 heterocycles. The van der Waals surface area contributed by atoms with Crippen molar-refractivity contribution in [2.24, 2.45) is 5.92 Å². The maximum Gasteiger partial charge on any atom is 3.00 e. The van der Waals surface area contributed by atoms with Crippen molar-refractivity contribution in [3.8, 4) is 11.3 Å². The van der Waals surface area contributed by atoms with E-state index >= 15 is 0 Å². The molecule has 0 saturated heterocycles. The van der Waals surface area contributed by atoms with Crippen molar-refractivity contribution < 1.29 is 30.3 Å². The van der Waals surface area contributed by atoms with Crippen LogP contribution < -0.4 is 4.90 Å². The van der Waals surface area contributed by atoms with Gasteiger partial charge in [0.05, 0.1) is 12.2 Å². The number of benzene rings is 3. The minimum atomic E-state index is -0.375. The van der Waals surface area contributed by atoms with Crippen LogP contribution in [0.4, 0.5) is 5.69 Å². The summed E-state index contributed by atoms with van der Waals surface area (Å²) in [4.78, 5) is 8.90. The fraction of sp³-hybridized carbons (Fsp3) is 0.333. The maximum absolute atomic E-state index is 8.56. The minimum Gasteiger partial charge on any atom is -0.510 e. The third-order valence-electron chi connectivity index (χ3n) is 7.19. The first-order valence-corrected chi connectivity index (χ1v) is 14.6. The monoisotopic (exact) mass is 741 g/mol. The number of hydrogen-bond donors (Lipinski definition) is 2. The molecule has 6 rings (SSSR count). The van der Waals surface area contributed by atoms with Gasteiger partial charge in [0.2, 0.25) is 0 Å². The Hall–Kier alpha value is -3.02. The van der Waals surface area contributed by atoms with E-state index in [1.54, 1.807) is 13.8 Å². The number of allylic oxidation sites excluding steroid dienone is 1. The van der Waals surface area contributed by atoms with E-state index in [1.165, 1.54) is 48.6 Å². The van der Waals surface area contributed by atoms with Crippen molar-refractivity contribution in [1.82, 2.24) is 9.88 Å². The average Bonchev–Trinajstić information content (AvgIpc) is 3.40. The molecule has 3 aromatic carbocycles. The van der Waals surface area contributed by atoms with E-state index < -0.39 is 0 Å². The second-order valence-corrected chi connectivity index (χ2v) is 10.9. The van der Waals surface area contributed by atoms with Crippen LogP contribution in [0.1, 0.15) is 52.4 Å². The Morgan fingerprint density at radius 1 is 0.881 bits per heavy atom. The van der Waals surface area contributed by atoms with Crippen LogP contribution in [0, 0.1) is 24.7 Å². The Morgan fingerprint density at radius 2 is 1.52 bits per heavy atom. The number of pyridine rings is 1. The molecule has 2 unspecified atom stereocenters. The summed E-state index contributed by atoms with van der Waals surface area (Å²) in [7, 11) is 2.10. The van der Waals surface area contributed by atoms with Crippen molar-refractivity contribution in [2.45, 2.75) is 64.6 Å². The smallest absolute Gasteiger partial charge is 0.510 e. The summed E-state index contributed by atoms with van der Waals surface area (Å²) in [5.41, 5.74) is 4.60. The van der Waals surface area contributed by atoms with Crippen LogP contribution in [0.3, 0.4) is 0 Å². The van der Waals surface area contributed by atoms with Crippen LogP contribution >= 0.6 is 0 Å². The molecule has 0 spiro atoms. The van der Waals surface area contributed by atoms with E-state index in [4.69, 9.17) is 10.2 Å². The molecule has 1 aromatic heterocycles. The Balaban J connectivity index is 0.000000187. The number of nitrogens with zero attached hydrogens (tertiary/aromatic N) is 3. The number of para-hydroxylation sites is 1. The van der Waals surface area contributed by atoms with E-state index in [9.17, 15) is 0 Å². The number of aliphatic hydroxyl groups excluding tert-OH is 2. The number of rotatable bonds is 5. The molecule has 0 bridgehead atoms. The van der Waals surface area contributed by atoms with Crippen LogP contribution in [0.5, 0.6) is 0 Å². The molecule has 5 nitrogen and oxygen atoms in total. The number of hydrogen-bond acceptors (Lipinski definition) is 5. The Bertz CT molecular complexity index is 1350. The number of aliphatic hydroxyl groups is 2. The molecule has 1 fully saturated rings. The van der Waals surface area contributed by atoms with E-state index in [0.29, 0.717) is 12.3 Å². The Kier molecular flexibility index (Phi) is 13.7.